The van der Waals surface area contributed by atoms with Crippen LogP contribution in [0.4, 0.5) is 0 Å². The third kappa shape index (κ3) is 2.78. The minimum absolute atomic E-state index is 1.09. The van der Waals surface area contributed by atoms with Crippen molar-refractivity contribution in [2.45, 2.75) is 13.8 Å². The lowest BCUT2D eigenvalue weighted by molar-refractivity contribution is 1.41. The van der Waals surface area contributed by atoms with Gasteiger partial charge < -0.3 is 0 Å². The third-order valence-corrected chi connectivity index (χ3v) is 3.01. The molecule has 0 spiro atoms. The van der Waals surface area contributed by atoms with E-state index in [1.54, 1.807) is 0 Å². The number of hydrogen-bond donors (Lipinski definition) is 0. The molecule has 0 aromatic heterocycles. The van der Waals surface area contributed by atoms with Crippen molar-refractivity contribution in [3.05, 3.63) is 83.4 Å². The summed E-state index contributed by atoms with van der Waals surface area (Å²) >= 11 is 0. The molecular weight excluding hydrogens is 216 g/mol. The van der Waals surface area contributed by atoms with E-state index in [-0.39, 0.29) is 0 Å². The van der Waals surface area contributed by atoms with E-state index in [0.29, 0.717) is 0 Å². The number of aryl methyl sites for hydroxylation is 1. The molecule has 0 unspecified atom stereocenters. The molecule has 0 bridgehead atoms. The lowest BCUT2D eigenvalue weighted by Crippen LogP contribution is -1.89. The summed E-state index contributed by atoms with van der Waals surface area (Å²) in [6.07, 6.45) is 2.20. The first-order valence-corrected chi connectivity index (χ1v) is 6.17. The van der Waals surface area contributed by atoms with Gasteiger partial charge in [-0.1, -0.05) is 66.7 Å². The molecule has 18 heavy (non-hydrogen) atoms. The smallest absolute Gasteiger partial charge is 0.0152 e. The molecule has 0 heteroatoms. The SMILES string of the molecule is C=C(C)/C(=C/c1ccccc1)c1ccccc1C. The molecular formula is C18H18. The van der Waals surface area contributed by atoms with Gasteiger partial charge in [0, 0.05) is 0 Å². The Kier molecular flexibility index (Phi) is 3.78. The molecule has 0 atom stereocenters. The molecule has 0 saturated carbocycles. The Balaban J connectivity index is 2.51. The Labute approximate surface area is 109 Å². The highest BCUT2D eigenvalue weighted by molar-refractivity contribution is 5.91. The van der Waals surface area contributed by atoms with Crippen molar-refractivity contribution in [3.63, 3.8) is 0 Å². The lowest BCUT2D eigenvalue weighted by Gasteiger charge is -2.11. The van der Waals surface area contributed by atoms with Gasteiger partial charge in [-0.3, -0.25) is 0 Å². The fourth-order valence-electron chi connectivity index (χ4n) is 2.02. The highest BCUT2D eigenvalue weighted by atomic mass is 14.1. The molecule has 2 aromatic carbocycles. The summed E-state index contributed by atoms with van der Waals surface area (Å²) in [6, 6.07) is 18.8. The zero-order valence-electron chi connectivity index (χ0n) is 11.0. The lowest BCUT2D eigenvalue weighted by atomic mass is 9.94. The van der Waals surface area contributed by atoms with Gasteiger partial charge in [-0.2, -0.15) is 0 Å². The molecule has 0 aliphatic rings. The first-order valence-electron chi connectivity index (χ1n) is 6.17. The van der Waals surface area contributed by atoms with Gasteiger partial charge in [-0.05, 0) is 42.2 Å². The highest BCUT2D eigenvalue weighted by Crippen LogP contribution is 2.26. The summed E-state index contributed by atoms with van der Waals surface area (Å²) in [7, 11) is 0. The quantitative estimate of drug-likeness (QED) is 0.511. The molecule has 2 aromatic rings. The van der Waals surface area contributed by atoms with Gasteiger partial charge in [-0.25, -0.2) is 0 Å². The molecule has 0 fully saturated rings. The fraction of sp³-hybridized carbons (Fsp3) is 0.111. The van der Waals surface area contributed by atoms with Crippen LogP contribution in [0.5, 0.6) is 0 Å². The summed E-state index contributed by atoms with van der Waals surface area (Å²) in [5, 5.41) is 0. The topological polar surface area (TPSA) is 0 Å². The maximum absolute atomic E-state index is 4.10. The fourth-order valence-corrected chi connectivity index (χ4v) is 2.02. The maximum Gasteiger partial charge on any atom is -0.0152 e. The molecule has 0 heterocycles. The summed E-state index contributed by atoms with van der Waals surface area (Å²) in [4.78, 5) is 0. The first kappa shape index (κ1) is 12.4. The first-order chi connectivity index (χ1) is 8.68. The summed E-state index contributed by atoms with van der Waals surface area (Å²) in [6.45, 7) is 8.29. The summed E-state index contributed by atoms with van der Waals surface area (Å²) < 4.78 is 0. The van der Waals surface area contributed by atoms with Gasteiger partial charge >= 0.3 is 0 Å². The Morgan fingerprint density at radius 3 is 2.17 bits per heavy atom. The Morgan fingerprint density at radius 2 is 1.56 bits per heavy atom. The van der Waals surface area contributed by atoms with Gasteiger partial charge in [0.25, 0.3) is 0 Å². The normalized spacial score (nSPS) is 11.3. The van der Waals surface area contributed by atoms with Crippen molar-refractivity contribution >= 4 is 11.6 Å². The van der Waals surface area contributed by atoms with Crippen LogP contribution in [0.15, 0.2) is 66.7 Å². The van der Waals surface area contributed by atoms with Crippen LogP contribution in [0.1, 0.15) is 23.6 Å². The van der Waals surface area contributed by atoms with Gasteiger partial charge in [0.1, 0.15) is 0 Å². The van der Waals surface area contributed by atoms with Crippen LogP contribution in [0.2, 0.25) is 0 Å². The van der Waals surface area contributed by atoms with Gasteiger partial charge in [-0.15, -0.1) is 0 Å². The predicted octanol–water partition coefficient (Wildman–Crippen LogP) is 5.11. The van der Waals surface area contributed by atoms with Gasteiger partial charge in [0.15, 0.2) is 0 Å². The van der Waals surface area contributed by atoms with E-state index in [2.05, 4.69) is 75.0 Å². The van der Waals surface area contributed by atoms with E-state index >= 15 is 0 Å². The second-order valence-electron chi connectivity index (χ2n) is 4.56. The van der Waals surface area contributed by atoms with Crippen LogP contribution >= 0.6 is 0 Å². The van der Waals surface area contributed by atoms with Crippen molar-refractivity contribution < 1.29 is 0 Å². The Morgan fingerprint density at radius 1 is 0.944 bits per heavy atom. The van der Waals surface area contributed by atoms with Gasteiger partial charge in [0.05, 0.1) is 0 Å². The second-order valence-corrected chi connectivity index (χ2v) is 4.56. The summed E-state index contributed by atoms with van der Waals surface area (Å²) in [5.41, 5.74) is 6.04. The maximum atomic E-state index is 4.10. The minimum atomic E-state index is 1.09. The van der Waals surface area contributed by atoms with Crippen LogP contribution in [0.25, 0.3) is 11.6 Å². The van der Waals surface area contributed by atoms with E-state index in [0.717, 1.165) is 5.57 Å². The number of allylic oxidation sites excluding steroid dienone is 2. The monoisotopic (exact) mass is 234 g/mol. The van der Waals surface area contributed by atoms with Crippen molar-refractivity contribution in [2.24, 2.45) is 0 Å². The molecule has 0 N–H and O–H groups in total. The van der Waals surface area contributed by atoms with E-state index in [9.17, 15) is 0 Å². The standard InChI is InChI=1S/C18H18/c1-14(2)18(13-16-10-5-4-6-11-16)17-12-8-7-9-15(17)3/h4-13H,1H2,2-3H3/b18-13-. The number of hydrogen-bond acceptors (Lipinski definition) is 0. The zero-order valence-corrected chi connectivity index (χ0v) is 11.0. The zero-order chi connectivity index (χ0) is 13.0. The highest BCUT2D eigenvalue weighted by Gasteiger charge is 2.05. The molecule has 0 nitrogen and oxygen atoms in total. The molecule has 90 valence electrons. The van der Waals surface area contributed by atoms with E-state index in [1.807, 2.05) is 6.07 Å². The largest absolute Gasteiger partial charge is 0.0955 e. The Hall–Kier alpha value is -2.08. The minimum Gasteiger partial charge on any atom is -0.0955 e. The van der Waals surface area contributed by atoms with Crippen molar-refractivity contribution in [2.75, 3.05) is 0 Å². The van der Waals surface area contributed by atoms with E-state index < -0.39 is 0 Å². The molecule has 0 saturated heterocycles. The van der Waals surface area contributed by atoms with Crippen LogP contribution in [-0.4, -0.2) is 0 Å². The van der Waals surface area contributed by atoms with Crippen molar-refractivity contribution in [1.82, 2.24) is 0 Å². The van der Waals surface area contributed by atoms with Crippen LogP contribution in [0, 0.1) is 6.92 Å². The average molecular weight is 234 g/mol. The molecule has 0 aliphatic carbocycles. The molecule has 0 amide bonds. The number of rotatable bonds is 3. The van der Waals surface area contributed by atoms with Gasteiger partial charge in [0.2, 0.25) is 0 Å². The van der Waals surface area contributed by atoms with Crippen LogP contribution in [-0.2, 0) is 0 Å². The third-order valence-electron chi connectivity index (χ3n) is 3.01. The second kappa shape index (κ2) is 5.50. The van der Waals surface area contributed by atoms with E-state index in [1.165, 1.54) is 22.3 Å². The number of benzene rings is 2. The van der Waals surface area contributed by atoms with Crippen molar-refractivity contribution in [3.8, 4) is 0 Å². The molecule has 0 aliphatic heterocycles. The predicted molar refractivity (Wildman–Crippen MR) is 80.3 cm³/mol. The average Bonchev–Trinajstić information content (AvgIpc) is 2.38. The Bertz CT molecular complexity index is 574. The molecule has 2 rings (SSSR count). The summed E-state index contributed by atoms with van der Waals surface area (Å²) in [5.74, 6) is 0. The van der Waals surface area contributed by atoms with E-state index in [4.69, 9.17) is 0 Å². The molecule has 0 radical (unpaired) electrons. The van der Waals surface area contributed by atoms with Crippen LogP contribution < -0.4 is 0 Å². The van der Waals surface area contributed by atoms with Crippen molar-refractivity contribution in [1.29, 1.82) is 0 Å². The van der Waals surface area contributed by atoms with Crippen LogP contribution in [0.3, 0.4) is 0 Å².